The molecule has 0 spiro atoms. The minimum absolute atomic E-state index is 0.0853. The third kappa shape index (κ3) is 6.68. The van der Waals surface area contributed by atoms with Crippen LogP contribution in [0.4, 0.5) is 13.2 Å². The van der Waals surface area contributed by atoms with Crippen LogP contribution in [0.5, 0.6) is 0 Å². The number of hydrogen-bond donors (Lipinski definition) is 2. The van der Waals surface area contributed by atoms with Gasteiger partial charge in [0.1, 0.15) is 6.54 Å². The second-order valence-electron chi connectivity index (χ2n) is 7.52. The zero-order chi connectivity index (χ0) is 27.3. The highest BCUT2D eigenvalue weighted by atomic mass is 35.5. The van der Waals surface area contributed by atoms with Gasteiger partial charge < -0.3 is 10.4 Å². The summed E-state index contributed by atoms with van der Waals surface area (Å²) in [5.74, 6) is -1.74. The Bertz CT molecular complexity index is 1460. The van der Waals surface area contributed by atoms with E-state index in [1.54, 1.807) is 36.5 Å². The number of alkyl halides is 3. The summed E-state index contributed by atoms with van der Waals surface area (Å²) in [5.41, 5.74) is 1.48. The Morgan fingerprint density at radius 1 is 0.946 bits per heavy atom. The minimum Gasteiger partial charge on any atom is -0.480 e. The van der Waals surface area contributed by atoms with Crippen LogP contribution in [0.3, 0.4) is 0 Å². The van der Waals surface area contributed by atoms with Gasteiger partial charge in [-0.1, -0.05) is 59.1 Å². The number of aromatic nitrogens is 2. The van der Waals surface area contributed by atoms with Crippen molar-refractivity contribution in [3.05, 3.63) is 92.7 Å². The van der Waals surface area contributed by atoms with Crippen LogP contribution in [0.1, 0.15) is 21.5 Å². The summed E-state index contributed by atoms with van der Waals surface area (Å²) >= 11 is 17.5. The first kappa shape index (κ1) is 28.2. The summed E-state index contributed by atoms with van der Waals surface area (Å²) in [7, 11) is 0. The van der Waals surface area contributed by atoms with E-state index >= 15 is 0 Å². The lowest BCUT2D eigenvalue weighted by Crippen LogP contribution is -2.29. The van der Waals surface area contributed by atoms with Gasteiger partial charge in [0, 0.05) is 23.3 Å². The molecule has 0 fully saturated rings. The number of amides is 1. The highest BCUT2D eigenvalue weighted by molar-refractivity contribution is 6.39. The molecule has 192 valence electrons. The minimum atomic E-state index is -4.52. The van der Waals surface area contributed by atoms with E-state index in [0.29, 0.717) is 5.56 Å². The van der Waals surface area contributed by atoms with Gasteiger partial charge in [-0.2, -0.15) is 13.2 Å². The lowest BCUT2D eigenvalue weighted by molar-refractivity contribution is -0.137. The molecule has 0 atom stereocenters. The molecular weight excluding hydrogens is 554 g/mol. The molecule has 6 nitrogen and oxygen atoms in total. The maximum Gasteiger partial charge on any atom is 0.417 e. The number of halogens is 6. The third-order valence-electron chi connectivity index (χ3n) is 5.01. The van der Waals surface area contributed by atoms with Gasteiger partial charge in [-0.15, -0.1) is 0 Å². The molecule has 0 radical (unpaired) electrons. The van der Waals surface area contributed by atoms with Crippen LogP contribution in [0.2, 0.25) is 15.1 Å². The van der Waals surface area contributed by atoms with E-state index in [1.165, 1.54) is 12.1 Å². The van der Waals surface area contributed by atoms with Crippen LogP contribution in [-0.4, -0.2) is 33.5 Å². The molecule has 0 saturated carbocycles. The summed E-state index contributed by atoms with van der Waals surface area (Å²) in [4.78, 5) is 30.0. The smallest absolute Gasteiger partial charge is 0.417 e. The van der Waals surface area contributed by atoms with Gasteiger partial charge in [0.15, 0.2) is 0 Å². The Morgan fingerprint density at radius 2 is 1.62 bits per heavy atom. The number of carboxylic acid groups (broad SMARTS) is 1. The van der Waals surface area contributed by atoms with E-state index < -0.39 is 35.2 Å². The molecule has 37 heavy (non-hydrogen) atoms. The number of carboxylic acids is 1. The van der Waals surface area contributed by atoms with E-state index in [-0.39, 0.29) is 21.3 Å². The number of aryl methyl sites for hydroxylation is 1. The number of nitrogens with one attached hydrogen (secondary N) is 1. The van der Waals surface area contributed by atoms with E-state index in [1.807, 2.05) is 6.92 Å². The van der Waals surface area contributed by atoms with E-state index in [9.17, 15) is 22.8 Å². The number of pyridine rings is 2. The molecule has 0 saturated heterocycles. The SMILES string of the molecule is Cc1ccc(-c2nccc(C(F)(F)F)c2Cl)c2cccnc12.O=C(O)CNC(=O)c1c(Cl)cccc1Cl. The average Bonchev–Trinajstić information content (AvgIpc) is 2.83. The van der Waals surface area contributed by atoms with E-state index in [0.717, 1.165) is 28.7 Å². The van der Waals surface area contributed by atoms with Gasteiger partial charge in [0.25, 0.3) is 5.91 Å². The number of fused-ring (bicyclic) bond motifs is 1. The number of carbonyl (C=O) groups is 2. The summed E-state index contributed by atoms with van der Waals surface area (Å²) < 4.78 is 39.0. The Balaban J connectivity index is 0.000000222. The fourth-order valence-electron chi connectivity index (χ4n) is 3.33. The molecule has 4 rings (SSSR count). The van der Waals surface area contributed by atoms with Crippen LogP contribution >= 0.6 is 34.8 Å². The summed E-state index contributed by atoms with van der Waals surface area (Å²) in [6.45, 7) is 1.42. The molecule has 0 aliphatic rings. The average molecular weight is 571 g/mol. The molecule has 0 aliphatic heterocycles. The van der Waals surface area contributed by atoms with Crippen molar-refractivity contribution in [3.63, 3.8) is 0 Å². The van der Waals surface area contributed by atoms with Crippen molar-refractivity contribution in [3.8, 4) is 11.3 Å². The quantitative estimate of drug-likeness (QED) is 0.273. The Hall–Kier alpha value is -3.40. The van der Waals surface area contributed by atoms with Crippen LogP contribution in [0, 0.1) is 6.92 Å². The van der Waals surface area contributed by atoms with Gasteiger partial charge in [0.05, 0.1) is 37.4 Å². The number of carbonyl (C=O) groups excluding carboxylic acids is 1. The van der Waals surface area contributed by atoms with E-state index in [2.05, 4.69) is 15.3 Å². The molecule has 0 unspecified atom stereocenters. The topological polar surface area (TPSA) is 92.2 Å². The molecule has 2 aromatic heterocycles. The van der Waals surface area contributed by atoms with Crippen molar-refractivity contribution in [1.29, 1.82) is 0 Å². The van der Waals surface area contributed by atoms with Gasteiger partial charge in [-0.3, -0.25) is 19.6 Å². The highest BCUT2D eigenvalue weighted by Gasteiger charge is 2.34. The zero-order valence-corrected chi connectivity index (χ0v) is 21.2. The maximum absolute atomic E-state index is 13.0. The first-order valence-electron chi connectivity index (χ1n) is 10.4. The number of benzene rings is 2. The Kier molecular flexibility index (Phi) is 8.96. The van der Waals surface area contributed by atoms with Gasteiger partial charge in [0.2, 0.25) is 0 Å². The second-order valence-corrected chi connectivity index (χ2v) is 8.71. The predicted molar refractivity (Wildman–Crippen MR) is 136 cm³/mol. The first-order valence-corrected chi connectivity index (χ1v) is 11.6. The largest absolute Gasteiger partial charge is 0.480 e. The van der Waals surface area contributed by atoms with Crippen LogP contribution < -0.4 is 5.32 Å². The Labute approximate surface area is 224 Å². The van der Waals surface area contributed by atoms with Crippen LogP contribution in [0.15, 0.2) is 60.9 Å². The van der Waals surface area contributed by atoms with E-state index in [4.69, 9.17) is 39.9 Å². The van der Waals surface area contributed by atoms with Crippen LogP contribution in [0.25, 0.3) is 22.2 Å². The molecule has 1 amide bonds. The number of rotatable bonds is 4. The molecule has 4 aromatic rings. The molecule has 2 aromatic carbocycles. The summed E-state index contributed by atoms with van der Waals surface area (Å²) in [6, 6.07) is 12.5. The second kappa shape index (κ2) is 11.8. The van der Waals surface area contributed by atoms with Crippen molar-refractivity contribution in [2.45, 2.75) is 13.1 Å². The lowest BCUT2D eigenvalue weighted by atomic mass is 10.0. The zero-order valence-electron chi connectivity index (χ0n) is 18.9. The molecule has 12 heteroatoms. The highest BCUT2D eigenvalue weighted by Crippen LogP contribution is 2.40. The number of aliphatic carboxylic acids is 1. The summed E-state index contributed by atoms with van der Waals surface area (Å²) in [6.07, 6.45) is -1.76. The maximum atomic E-state index is 13.0. The monoisotopic (exact) mass is 569 g/mol. The normalized spacial score (nSPS) is 11.0. The van der Waals surface area contributed by atoms with Crippen molar-refractivity contribution in [2.75, 3.05) is 6.54 Å². The fourth-order valence-corrected chi connectivity index (χ4v) is 4.22. The van der Waals surface area contributed by atoms with Crippen molar-refractivity contribution >= 4 is 57.6 Å². The lowest BCUT2D eigenvalue weighted by Gasteiger charge is -2.13. The third-order valence-corrected chi connectivity index (χ3v) is 6.02. The van der Waals surface area contributed by atoms with Gasteiger partial charge in [-0.25, -0.2) is 0 Å². The first-order chi connectivity index (χ1) is 17.4. The molecular formula is C25H17Cl3F3N3O3. The predicted octanol–water partition coefficient (Wildman–Crippen LogP) is 7.09. The molecule has 0 bridgehead atoms. The van der Waals surface area contributed by atoms with Crippen molar-refractivity contribution in [1.82, 2.24) is 15.3 Å². The van der Waals surface area contributed by atoms with Crippen molar-refractivity contribution < 1.29 is 27.9 Å². The Morgan fingerprint density at radius 3 is 2.24 bits per heavy atom. The molecule has 0 aliphatic carbocycles. The number of nitrogens with zero attached hydrogens (tertiary/aromatic N) is 2. The van der Waals surface area contributed by atoms with Gasteiger partial charge >= 0.3 is 12.1 Å². The fraction of sp³-hybridized carbons (Fsp3) is 0.120. The number of hydrogen-bond acceptors (Lipinski definition) is 4. The molecule has 2 N–H and O–H groups in total. The van der Waals surface area contributed by atoms with Gasteiger partial charge in [-0.05, 0) is 36.8 Å². The molecule has 2 heterocycles. The standard InChI is InChI=1S/C16H10ClF3N2.C9H7Cl2NO3/c1-9-4-5-11(10-3-2-7-21-14(9)10)15-13(17)12(6-8-22-15)16(18,19)20;10-5-2-1-3-6(11)8(5)9(15)12-4-7(13)14/h2-8H,1H3;1-3H,4H2,(H,12,15)(H,13,14). The van der Waals surface area contributed by atoms with Crippen molar-refractivity contribution in [2.24, 2.45) is 0 Å². The van der Waals surface area contributed by atoms with Crippen LogP contribution in [-0.2, 0) is 11.0 Å². The summed E-state index contributed by atoms with van der Waals surface area (Å²) in [5, 5.41) is 11.2.